The normalized spacial score (nSPS) is 14.6. The SMILES string of the molecule is CCC(C)(C)N(O)C(C)(CC)C(C)=O.CCCCC. The number of carbonyl (C=O) groups excluding carboxylic acids is 1. The molecule has 0 bridgehead atoms. The number of rotatable bonds is 7. The summed E-state index contributed by atoms with van der Waals surface area (Å²) in [5, 5.41) is 11.3. The Morgan fingerprint density at radius 3 is 1.58 bits per heavy atom. The first-order chi connectivity index (χ1) is 8.63. The Hall–Kier alpha value is -0.410. The highest BCUT2D eigenvalue weighted by Gasteiger charge is 2.41. The van der Waals surface area contributed by atoms with Gasteiger partial charge in [-0.3, -0.25) is 4.79 Å². The third kappa shape index (κ3) is 6.53. The van der Waals surface area contributed by atoms with Gasteiger partial charge < -0.3 is 5.21 Å². The smallest absolute Gasteiger partial charge is 0.152 e. The van der Waals surface area contributed by atoms with E-state index < -0.39 is 5.54 Å². The molecule has 0 aromatic carbocycles. The molecule has 1 unspecified atom stereocenters. The highest BCUT2D eigenvalue weighted by molar-refractivity contribution is 5.85. The maximum absolute atomic E-state index is 11.5. The summed E-state index contributed by atoms with van der Waals surface area (Å²) in [4.78, 5) is 11.5. The summed E-state index contributed by atoms with van der Waals surface area (Å²) >= 11 is 0. The first-order valence-electron chi connectivity index (χ1n) is 7.64. The summed E-state index contributed by atoms with van der Waals surface area (Å²) in [7, 11) is 0. The first kappa shape index (κ1) is 20.9. The van der Waals surface area contributed by atoms with Crippen LogP contribution in [0.25, 0.3) is 0 Å². The number of carbonyl (C=O) groups is 1. The summed E-state index contributed by atoms with van der Waals surface area (Å²) in [5.41, 5.74) is -1.13. The molecule has 1 N–H and O–H groups in total. The Morgan fingerprint density at radius 1 is 1.00 bits per heavy atom. The lowest BCUT2D eigenvalue weighted by Gasteiger charge is -2.43. The van der Waals surface area contributed by atoms with Crippen molar-refractivity contribution in [2.45, 2.75) is 98.6 Å². The second kappa shape index (κ2) is 9.49. The van der Waals surface area contributed by atoms with Crippen molar-refractivity contribution < 1.29 is 10.0 Å². The molecule has 0 rings (SSSR count). The summed E-state index contributed by atoms with van der Waals surface area (Å²) < 4.78 is 0. The van der Waals surface area contributed by atoms with Gasteiger partial charge >= 0.3 is 0 Å². The van der Waals surface area contributed by atoms with Crippen molar-refractivity contribution in [2.24, 2.45) is 0 Å². The van der Waals surface area contributed by atoms with E-state index in [1.807, 2.05) is 27.7 Å². The maximum Gasteiger partial charge on any atom is 0.152 e. The summed E-state index contributed by atoms with van der Waals surface area (Å²) in [5.74, 6) is 0.00373. The predicted octanol–water partition coefficient (Wildman–Crippen LogP) is 4.82. The van der Waals surface area contributed by atoms with Crippen molar-refractivity contribution in [1.29, 1.82) is 0 Å². The molecule has 19 heavy (non-hydrogen) atoms. The summed E-state index contributed by atoms with van der Waals surface area (Å²) in [6.07, 6.45) is 5.49. The van der Waals surface area contributed by atoms with Crippen LogP contribution in [0.4, 0.5) is 0 Å². The molecule has 0 aromatic rings. The third-order valence-corrected chi connectivity index (χ3v) is 4.06. The molecule has 0 amide bonds. The van der Waals surface area contributed by atoms with Crippen LogP contribution >= 0.6 is 0 Å². The van der Waals surface area contributed by atoms with E-state index in [1.165, 1.54) is 31.2 Å². The van der Waals surface area contributed by atoms with E-state index in [0.29, 0.717) is 6.42 Å². The topological polar surface area (TPSA) is 40.5 Å². The van der Waals surface area contributed by atoms with Gasteiger partial charge in [-0.05, 0) is 40.5 Å². The van der Waals surface area contributed by atoms with E-state index in [1.54, 1.807) is 6.92 Å². The van der Waals surface area contributed by atoms with Gasteiger partial charge in [-0.15, -0.1) is 0 Å². The van der Waals surface area contributed by atoms with Crippen molar-refractivity contribution in [1.82, 2.24) is 5.06 Å². The Morgan fingerprint density at radius 2 is 1.42 bits per heavy atom. The monoisotopic (exact) mass is 273 g/mol. The van der Waals surface area contributed by atoms with Crippen LogP contribution < -0.4 is 0 Å². The molecule has 3 heteroatoms. The third-order valence-electron chi connectivity index (χ3n) is 4.06. The predicted molar refractivity (Wildman–Crippen MR) is 82.6 cm³/mol. The fourth-order valence-corrected chi connectivity index (χ4v) is 1.72. The van der Waals surface area contributed by atoms with Gasteiger partial charge in [0.25, 0.3) is 0 Å². The maximum atomic E-state index is 11.5. The van der Waals surface area contributed by atoms with Crippen molar-refractivity contribution in [2.75, 3.05) is 0 Å². The zero-order valence-corrected chi connectivity index (χ0v) is 14.3. The van der Waals surface area contributed by atoms with Crippen molar-refractivity contribution in [3.8, 4) is 0 Å². The van der Waals surface area contributed by atoms with E-state index in [2.05, 4.69) is 13.8 Å². The number of ketones is 1. The van der Waals surface area contributed by atoms with Crippen molar-refractivity contribution >= 4 is 5.78 Å². The van der Waals surface area contributed by atoms with Gasteiger partial charge in [0.05, 0.1) is 0 Å². The molecule has 0 aromatic heterocycles. The minimum atomic E-state index is -0.764. The standard InChI is InChI=1S/C11H23NO2.C5H12/c1-7-10(4,5)12(14)11(6,8-2)9(3)13;1-3-5-4-2/h14H,7-8H2,1-6H3;3-5H2,1-2H3. The largest absolute Gasteiger partial charge is 0.313 e. The van der Waals surface area contributed by atoms with Crippen molar-refractivity contribution in [3.63, 3.8) is 0 Å². The number of nitrogens with zero attached hydrogens (tertiary/aromatic N) is 1. The number of hydroxylamine groups is 2. The number of unbranched alkanes of at least 4 members (excludes halogenated alkanes) is 2. The quantitative estimate of drug-likeness (QED) is 0.676. The average Bonchev–Trinajstić information content (AvgIpc) is 2.38. The molecular weight excluding hydrogens is 238 g/mol. The molecular formula is C16H35NO2. The van der Waals surface area contributed by atoms with Gasteiger partial charge in [0, 0.05) is 5.54 Å². The molecule has 0 aliphatic carbocycles. The molecule has 0 spiro atoms. The molecule has 0 saturated carbocycles. The second-order valence-electron chi connectivity index (χ2n) is 6.01. The Bertz CT molecular complexity index is 249. The van der Waals surface area contributed by atoms with Gasteiger partial charge in [0.2, 0.25) is 0 Å². The molecule has 0 fully saturated rings. The number of hydrogen-bond acceptors (Lipinski definition) is 3. The van der Waals surface area contributed by atoms with Gasteiger partial charge in [-0.25, -0.2) is 0 Å². The molecule has 0 aliphatic rings. The second-order valence-corrected chi connectivity index (χ2v) is 6.01. The fourth-order valence-electron chi connectivity index (χ4n) is 1.72. The molecule has 1 atom stereocenters. The van der Waals surface area contributed by atoms with Crippen LogP contribution in [0, 0.1) is 0 Å². The van der Waals surface area contributed by atoms with Crippen molar-refractivity contribution in [3.05, 3.63) is 0 Å². The van der Waals surface area contributed by atoms with Gasteiger partial charge in [-0.2, -0.15) is 5.06 Å². The van der Waals surface area contributed by atoms with Crippen LogP contribution in [0.1, 0.15) is 87.5 Å². The number of hydrogen-bond donors (Lipinski definition) is 1. The lowest BCUT2D eigenvalue weighted by molar-refractivity contribution is -0.225. The minimum absolute atomic E-state index is 0.00373. The summed E-state index contributed by atoms with van der Waals surface area (Å²) in [6, 6.07) is 0. The molecule has 0 aliphatic heterocycles. The highest BCUT2D eigenvalue weighted by atomic mass is 16.5. The van der Waals surface area contributed by atoms with Crippen LogP contribution in [0.2, 0.25) is 0 Å². The Labute approximate surface area is 120 Å². The molecule has 0 heterocycles. The van der Waals surface area contributed by atoms with Crippen LogP contribution in [0.3, 0.4) is 0 Å². The zero-order chi connectivity index (χ0) is 15.7. The Balaban J connectivity index is 0. The molecule has 0 saturated heterocycles. The van der Waals surface area contributed by atoms with Crippen LogP contribution in [0.15, 0.2) is 0 Å². The van der Waals surface area contributed by atoms with E-state index in [9.17, 15) is 10.0 Å². The number of Topliss-reactive ketones (excluding diaryl/α,β-unsaturated/α-hetero) is 1. The van der Waals surface area contributed by atoms with Crippen LogP contribution in [-0.4, -0.2) is 27.1 Å². The lowest BCUT2D eigenvalue weighted by atomic mass is 9.88. The van der Waals surface area contributed by atoms with E-state index >= 15 is 0 Å². The minimum Gasteiger partial charge on any atom is -0.313 e. The van der Waals surface area contributed by atoms with Crippen LogP contribution in [0.5, 0.6) is 0 Å². The summed E-state index contributed by atoms with van der Waals surface area (Å²) in [6.45, 7) is 15.5. The highest BCUT2D eigenvalue weighted by Crippen LogP contribution is 2.28. The first-order valence-corrected chi connectivity index (χ1v) is 7.64. The van der Waals surface area contributed by atoms with E-state index in [4.69, 9.17) is 0 Å². The average molecular weight is 273 g/mol. The van der Waals surface area contributed by atoms with Crippen LogP contribution in [-0.2, 0) is 4.79 Å². The van der Waals surface area contributed by atoms with Gasteiger partial charge in [0.15, 0.2) is 5.78 Å². The fraction of sp³-hybridized carbons (Fsp3) is 0.938. The molecule has 3 nitrogen and oxygen atoms in total. The van der Waals surface area contributed by atoms with Gasteiger partial charge in [0.1, 0.15) is 5.54 Å². The molecule has 116 valence electrons. The zero-order valence-electron chi connectivity index (χ0n) is 14.3. The van der Waals surface area contributed by atoms with E-state index in [0.717, 1.165) is 6.42 Å². The lowest BCUT2D eigenvalue weighted by Crippen LogP contribution is -2.58. The van der Waals surface area contributed by atoms with E-state index in [-0.39, 0.29) is 11.3 Å². The molecule has 0 radical (unpaired) electrons. The van der Waals surface area contributed by atoms with Gasteiger partial charge in [-0.1, -0.05) is 47.0 Å². The Kier molecular flexibility index (Phi) is 10.4.